The Labute approximate surface area is 268 Å². The number of nitrogens with zero attached hydrogens (tertiary/aromatic N) is 2. The van der Waals surface area contributed by atoms with Crippen molar-refractivity contribution < 1.29 is 23.5 Å². The number of carbonyl (C=O) groups excluding carboxylic acids is 3. The number of ether oxygens (including phenoxy) is 1. The molecule has 0 aliphatic carbocycles. The van der Waals surface area contributed by atoms with E-state index in [1.165, 1.54) is 20.2 Å². The van der Waals surface area contributed by atoms with Gasteiger partial charge in [-0.15, -0.1) is 0 Å². The van der Waals surface area contributed by atoms with Crippen LogP contribution >= 0.6 is 0 Å². The lowest BCUT2D eigenvalue weighted by Gasteiger charge is -2.22. The zero-order valence-corrected chi connectivity index (χ0v) is 26.2. The molecule has 2 fully saturated rings. The molecule has 1 spiro atoms. The molecule has 4 N–H and O–H groups in total. The number of nitrogens with one attached hydrogen (secondary N) is 4. The van der Waals surface area contributed by atoms with Crippen molar-refractivity contribution in [3.05, 3.63) is 104 Å². The quantitative estimate of drug-likeness (QED) is 0.226. The number of hydrogen-bond donors (Lipinski definition) is 4. The largest absolute Gasteiger partial charge is 0.496 e. The van der Waals surface area contributed by atoms with Gasteiger partial charge < -0.3 is 20.4 Å². The SMILES string of the molecule is COc1cc(-c2cccc(-c3cccc(NC(=O)c4c[nH]c(=O)n(C)c4=O)c3C)c2C)cc(F)c1CN1CCC2(C1)NC(=O)NC2=O. The third-order valence-corrected chi connectivity index (χ3v) is 9.06. The smallest absolute Gasteiger partial charge is 0.328 e. The average molecular weight is 641 g/mol. The predicted octanol–water partition coefficient (Wildman–Crippen LogP) is 3.21. The maximum atomic E-state index is 15.8. The number of H-pyrrole nitrogens is 1. The average Bonchev–Trinajstić information content (AvgIpc) is 3.57. The van der Waals surface area contributed by atoms with Crippen LogP contribution in [0.5, 0.6) is 5.75 Å². The topological polar surface area (TPSA) is 155 Å². The molecule has 4 amide bonds. The van der Waals surface area contributed by atoms with Crippen molar-refractivity contribution in [2.75, 3.05) is 25.5 Å². The highest BCUT2D eigenvalue weighted by Gasteiger charge is 2.50. The van der Waals surface area contributed by atoms with E-state index in [0.29, 0.717) is 35.5 Å². The predicted molar refractivity (Wildman–Crippen MR) is 173 cm³/mol. The number of likely N-dealkylation sites (tertiary alicyclic amines) is 1. The third-order valence-electron chi connectivity index (χ3n) is 9.06. The molecule has 4 aromatic rings. The number of halogens is 1. The van der Waals surface area contributed by atoms with E-state index >= 15 is 4.39 Å². The van der Waals surface area contributed by atoms with Crippen molar-refractivity contribution in [1.29, 1.82) is 0 Å². The summed E-state index contributed by atoms with van der Waals surface area (Å²) in [5, 5.41) is 7.78. The van der Waals surface area contributed by atoms with Crippen LogP contribution in [-0.4, -0.2) is 58.0 Å². The zero-order valence-electron chi connectivity index (χ0n) is 26.2. The summed E-state index contributed by atoms with van der Waals surface area (Å²) in [5.74, 6) is -1.12. The second kappa shape index (κ2) is 12.0. The van der Waals surface area contributed by atoms with Crippen LogP contribution in [0.1, 0.15) is 33.5 Å². The first-order valence-corrected chi connectivity index (χ1v) is 14.9. The molecule has 3 aromatic carbocycles. The van der Waals surface area contributed by atoms with Gasteiger partial charge >= 0.3 is 11.7 Å². The standard InChI is InChI=1S/C34H33FN6O6/c1-18-21(20-13-26(35)25(28(14-20)47-4)16-41-12-11-34(17-41)31(44)38-32(45)39-34)7-5-8-22(18)23-9-6-10-27(19(23)2)37-29(42)24-15-36-33(46)40(3)30(24)43/h5-10,13-15H,11-12,16-17H2,1-4H3,(H,36,46)(H,37,42)(H2,38,39,44,45). The highest BCUT2D eigenvalue weighted by atomic mass is 19.1. The molecule has 242 valence electrons. The van der Waals surface area contributed by atoms with Crippen molar-refractivity contribution in [1.82, 2.24) is 25.1 Å². The number of anilines is 1. The van der Waals surface area contributed by atoms with Crippen LogP contribution in [0.3, 0.4) is 0 Å². The summed E-state index contributed by atoms with van der Waals surface area (Å²) in [6.07, 6.45) is 1.52. The molecule has 1 unspecified atom stereocenters. The fraction of sp³-hybridized carbons (Fsp3) is 0.265. The van der Waals surface area contributed by atoms with Gasteiger partial charge in [-0.3, -0.25) is 29.2 Å². The van der Waals surface area contributed by atoms with Gasteiger partial charge in [0.15, 0.2) is 0 Å². The van der Waals surface area contributed by atoms with Crippen LogP contribution in [0.4, 0.5) is 14.9 Å². The minimum Gasteiger partial charge on any atom is -0.496 e. The molecule has 0 bridgehead atoms. The summed E-state index contributed by atoms with van der Waals surface area (Å²) in [6, 6.07) is 13.9. The van der Waals surface area contributed by atoms with E-state index in [-0.39, 0.29) is 24.6 Å². The molecule has 2 aliphatic rings. The molecule has 0 saturated carbocycles. The summed E-state index contributed by atoms with van der Waals surface area (Å²) in [5.41, 5.74) is 2.99. The summed E-state index contributed by atoms with van der Waals surface area (Å²) in [4.78, 5) is 65.6. The summed E-state index contributed by atoms with van der Waals surface area (Å²) in [7, 11) is 2.77. The van der Waals surface area contributed by atoms with Crippen LogP contribution in [-0.2, 0) is 18.4 Å². The maximum absolute atomic E-state index is 15.8. The molecule has 1 atom stereocenters. The van der Waals surface area contributed by atoms with Crippen molar-refractivity contribution >= 4 is 23.5 Å². The summed E-state index contributed by atoms with van der Waals surface area (Å²) in [6.45, 7) is 4.74. The fourth-order valence-electron chi connectivity index (χ4n) is 6.39. The number of methoxy groups -OCH3 is 1. The lowest BCUT2D eigenvalue weighted by atomic mass is 9.90. The Morgan fingerprint density at radius 2 is 1.72 bits per heavy atom. The molecule has 2 saturated heterocycles. The van der Waals surface area contributed by atoms with Crippen LogP contribution in [0.15, 0.2) is 64.3 Å². The van der Waals surface area contributed by atoms with Crippen LogP contribution in [0.2, 0.25) is 0 Å². The van der Waals surface area contributed by atoms with Gasteiger partial charge in [-0.05, 0) is 71.8 Å². The van der Waals surface area contributed by atoms with E-state index in [4.69, 9.17) is 4.74 Å². The molecule has 0 radical (unpaired) electrons. The van der Waals surface area contributed by atoms with E-state index in [9.17, 15) is 24.0 Å². The second-order valence-electron chi connectivity index (χ2n) is 11.9. The molecule has 2 aliphatic heterocycles. The summed E-state index contributed by atoms with van der Waals surface area (Å²) < 4.78 is 22.3. The van der Waals surface area contributed by atoms with Gasteiger partial charge in [-0.2, -0.15) is 0 Å². The lowest BCUT2D eigenvalue weighted by Crippen LogP contribution is -2.48. The van der Waals surface area contributed by atoms with Crippen LogP contribution in [0.25, 0.3) is 22.3 Å². The van der Waals surface area contributed by atoms with Gasteiger partial charge in [0, 0.05) is 44.1 Å². The van der Waals surface area contributed by atoms with E-state index in [1.54, 1.807) is 18.2 Å². The number of hydrogen-bond acceptors (Lipinski definition) is 7. The third kappa shape index (κ3) is 5.58. The first kappa shape index (κ1) is 31.4. The Morgan fingerprint density at radius 1 is 1.02 bits per heavy atom. The molecule has 6 rings (SSSR count). The molecule has 1 aromatic heterocycles. The summed E-state index contributed by atoms with van der Waals surface area (Å²) >= 11 is 0. The molecule has 3 heterocycles. The highest BCUT2D eigenvalue weighted by Crippen LogP contribution is 2.38. The minimum absolute atomic E-state index is 0.197. The van der Waals surface area contributed by atoms with Crippen molar-refractivity contribution in [3.63, 3.8) is 0 Å². The Morgan fingerprint density at radius 3 is 2.43 bits per heavy atom. The van der Waals surface area contributed by atoms with Crippen LogP contribution < -0.4 is 31.9 Å². The number of aromatic nitrogens is 2. The zero-order chi connectivity index (χ0) is 33.6. The van der Waals surface area contributed by atoms with E-state index in [2.05, 4.69) is 20.9 Å². The van der Waals surface area contributed by atoms with Gasteiger partial charge in [0.2, 0.25) is 0 Å². The molecular formula is C34H33FN6O6. The number of imide groups is 1. The Bertz CT molecular complexity index is 2090. The van der Waals surface area contributed by atoms with Gasteiger partial charge in [0.25, 0.3) is 17.4 Å². The monoisotopic (exact) mass is 640 g/mol. The first-order chi connectivity index (χ1) is 22.4. The van der Waals surface area contributed by atoms with Crippen molar-refractivity contribution in [2.24, 2.45) is 7.05 Å². The highest BCUT2D eigenvalue weighted by molar-refractivity contribution is 6.07. The van der Waals surface area contributed by atoms with E-state index < -0.39 is 34.5 Å². The Balaban J connectivity index is 1.28. The fourth-order valence-corrected chi connectivity index (χ4v) is 6.39. The molecular weight excluding hydrogens is 607 g/mol. The minimum atomic E-state index is -1.00. The molecule has 47 heavy (non-hydrogen) atoms. The molecule has 13 heteroatoms. The number of urea groups is 1. The van der Waals surface area contributed by atoms with Gasteiger partial charge in [-0.1, -0.05) is 30.3 Å². The molecule has 12 nitrogen and oxygen atoms in total. The Hall–Kier alpha value is -5.56. The Kier molecular flexibility index (Phi) is 8.01. The van der Waals surface area contributed by atoms with Gasteiger partial charge in [0.1, 0.15) is 22.7 Å². The maximum Gasteiger partial charge on any atom is 0.328 e. The number of carbonyl (C=O) groups is 3. The van der Waals surface area contributed by atoms with Gasteiger partial charge in [-0.25, -0.2) is 14.0 Å². The van der Waals surface area contributed by atoms with E-state index in [0.717, 1.165) is 38.6 Å². The number of benzene rings is 3. The van der Waals surface area contributed by atoms with Gasteiger partial charge in [0.05, 0.1) is 7.11 Å². The van der Waals surface area contributed by atoms with Crippen molar-refractivity contribution in [3.8, 4) is 28.0 Å². The number of aromatic amines is 1. The number of amides is 4. The van der Waals surface area contributed by atoms with E-state index in [1.807, 2.05) is 43.0 Å². The second-order valence-corrected chi connectivity index (χ2v) is 11.9. The number of rotatable bonds is 7. The van der Waals surface area contributed by atoms with Crippen molar-refractivity contribution in [2.45, 2.75) is 32.4 Å². The lowest BCUT2D eigenvalue weighted by molar-refractivity contribution is -0.123. The first-order valence-electron chi connectivity index (χ1n) is 14.9. The van der Waals surface area contributed by atoms with Crippen LogP contribution in [0, 0.1) is 19.7 Å². The normalized spacial score (nSPS) is 17.6.